The van der Waals surface area contributed by atoms with Gasteiger partial charge in [0, 0.05) is 24.8 Å². The van der Waals surface area contributed by atoms with E-state index in [2.05, 4.69) is 42.7 Å². The van der Waals surface area contributed by atoms with Gasteiger partial charge < -0.3 is 9.47 Å². The molecule has 1 aliphatic heterocycles. The normalized spacial score (nSPS) is 15.9. The largest absolute Gasteiger partial charge is 0.341 e. The van der Waals surface area contributed by atoms with Gasteiger partial charge in [0.1, 0.15) is 6.54 Å². The Hall–Kier alpha value is -1.77. The SMILES string of the molecule is CC(C)c1ccc2c(ccn2CC(=O)N2CCCCC2)c1. The summed E-state index contributed by atoms with van der Waals surface area (Å²) in [6.07, 6.45) is 5.59. The van der Waals surface area contributed by atoms with Gasteiger partial charge in [0.15, 0.2) is 0 Å². The molecular formula is C18H24N2O. The molecule has 1 aromatic heterocycles. The molecule has 0 spiro atoms. The third kappa shape index (κ3) is 2.97. The van der Waals surface area contributed by atoms with Crippen LogP contribution in [0.4, 0.5) is 0 Å². The van der Waals surface area contributed by atoms with Crippen molar-refractivity contribution in [3.63, 3.8) is 0 Å². The molecule has 112 valence electrons. The molecule has 0 N–H and O–H groups in total. The van der Waals surface area contributed by atoms with E-state index in [1.807, 2.05) is 11.1 Å². The Morgan fingerprint density at radius 3 is 2.62 bits per heavy atom. The van der Waals surface area contributed by atoms with Crippen LogP contribution in [0.2, 0.25) is 0 Å². The van der Waals surface area contributed by atoms with Crippen LogP contribution in [0.5, 0.6) is 0 Å². The Labute approximate surface area is 126 Å². The van der Waals surface area contributed by atoms with Gasteiger partial charge in [0.2, 0.25) is 5.91 Å². The molecular weight excluding hydrogens is 260 g/mol. The minimum Gasteiger partial charge on any atom is -0.341 e. The van der Waals surface area contributed by atoms with Gasteiger partial charge in [-0.05, 0) is 54.3 Å². The van der Waals surface area contributed by atoms with Gasteiger partial charge in [0.05, 0.1) is 0 Å². The van der Waals surface area contributed by atoms with E-state index in [4.69, 9.17) is 0 Å². The molecule has 0 bridgehead atoms. The number of fused-ring (bicyclic) bond motifs is 1. The summed E-state index contributed by atoms with van der Waals surface area (Å²) in [7, 11) is 0. The summed E-state index contributed by atoms with van der Waals surface area (Å²) in [5.74, 6) is 0.785. The van der Waals surface area contributed by atoms with Crippen LogP contribution >= 0.6 is 0 Å². The highest BCUT2D eigenvalue weighted by atomic mass is 16.2. The van der Waals surface area contributed by atoms with Crippen LogP contribution < -0.4 is 0 Å². The van der Waals surface area contributed by atoms with Crippen LogP contribution in [0.25, 0.3) is 10.9 Å². The van der Waals surface area contributed by atoms with E-state index in [-0.39, 0.29) is 5.91 Å². The summed E-state index contributed by atoms with van der Waals surface area (Å²) in [5, 5.41) is 1.23. The molecule has 3 nitrogen and oxygen atoms in total. The highest BCUT2D eigenvalue weighted by molar-refractivity contribution is 5.84. The molecule has 0 radical (unpaired) electrons. The van der Waals surface area contributed by atoms with Crippen molar-refractivity contribution in [1.29, 1.82) is 0 Å². The van der Waals surface area contributed by atoms with Crippen LogP contribution in [0.1, 0.15) is 44.6 Å². The average molecular weight is 284 g/mol. The molecule has 1 aliphatic rings. The Bertz CT molecular complexity index is 636. The zero-order chi connectivity index (χ0) is 14.8. The Balaban J connectivity index is 1.79. The zero-order valence-corrected chi connectivity index (χ0v) is 13.0. The van der Waals surface area contributed by atoms with Gasteiger partial charge in [-0.2, -0.15) is 0 Å². The molecule has 1 amide bonds. The van der Waals surface area contributed by atoms with Crippen molar-refractivity contribution in [3.05, 3.63) is 36.0 Å². The van der Waals surface area contributed by atoms with E-state index in [1.165, 1.54) is 17.4 Å². The van der Waals surface area contributed by atoms with Gasteiger partial charge in [0.25, 0.3) is 0 Å². The summed E-state index contributed by atoms with van der Waals surface area (Å²) in [4.78, 5) is 14.4. The van der Waals surface area contributed by atoms with Crippen LogP contribution in [0.15, 0.2) is 30.5 Å². The Morgan fingerprint density at radius 2 is 1.90 bits per heavy atom. The number of likely N-dealkylation sites (tertiary alicyclic amines) is 1. The first-order valence-electron chi connectivity index (χ1n) is 8.02. The smallest absolute Gasteiger partial charge is 0.242 e. The molecule has 3 rings (SSSR count). The Morgan fingerprint density at radius 1 is 1.14 bits per heavy atom. The summed E-state index contributed by atoms with van der Waals surface area (Å²) in [5.41, 5.74) is 2.51. The van der Waals surface area contributed by atoms with Crippen LogP contribution in [-0.2, 0) is 11.3 Å². The third-order valence-electron chi connectivity index (χ3n) is 4.48. The molecule has 1 saturated heterocycles. The van der Waals surface area contributed by atoms with Gasteiger partial charge in [-0.1, -0.05) is 19.9 Å². The minimum atomic E-state index is 0.250. The van der Waals surface area contributed by atoms with Gasteiger partial charge in [-0.15, -0.1) is 0 Å². The second kappa shape index (κ2) is 5.92. The number of carbonyl (C=O) groups excluding carboxylic acids is 1. The molecule has 21 heavy (non-hydrogen) atoms. The zero-order valence-electron chi connectivity index (χ0n) is 13.0. The number of hydrogen-bond acceptors (Lipinski definition) is 1. The molecule has 3 heteroatoms. The number of nitrogens with zero attached hydrogens (tertiary/aromatic N) is 2. The lowest BCUT2D eigenvalue weighted by Crippen LogP contribution is -2.37. The van der Waals surface area contributed by atoms with E-state index in [0.717, 1.165) is 31.4 Å². The van der Waals surface area contributed by atoms with Gasteiger partial charge in [-0.25, -0.2) is 0 Å². The quantitative estimate of drug-likeness (QED) is 0.842. The number of carbonyl (C=O) groups is 1. The first-order valence-corrected chi connectivity index (χ1v) is 8.02. The summed E-state index contributed by atoms with van der Waals surface area (Å²) >= 11 is 0. The number of amides is 1. The second-order valence-corrected chi connectivity index (χ2v) is 6.36. The van der Waals surface area contributed by atoms with E-state index >= 15 is 0 Å². The molecule has 2 heterocycles. The van der Waals surface area contributed by atoms with Crippen LogP contribution in [-0.4, -0.2) is 28.5 Å². The molecule has 0 saturated carbocycles. The summed E-state index contributed by atoms with van der Waals surface area (Å²) in [6, 6.07) is 8.68. The highest BCUT2D eigenvalue weighted by Gasteiger charge is 2.17. The fourth-order valence-corrected chi connectivity index (χ4v) is 3.10. The molecule has 0 aliphatic carbocycles. The van der Waals surface area contributed by atoms with Crippen molar-refractivity contribution < 1.29 is 4.79 Å². The van der Waals surface area contributed by atoms with Crippen molar-refractivity contribution in [3.8, 4) is 0 Å². The monoisotopic (exact) mass is 284 g/mol. The van der Waals surface area contributed by atoms with E-state index in [9.17, 15) is 4.79 Å². The topological polar surface area (TPSA) is 25.2 Å². The van der Waals surface area contributed by atoms with E-state index in [0.29, 0.717) is 12.5 Å². The molecule has 0 atom stereocenters. The number of hydrogen-bond donors (Lipinski definition) is 0. The van der Waals surface area contributed by atoms with Crippen molar-refractivity contribution in [2.45, 2.75) is 45.6 Å². The Kier molecular flexibility index (Phi) is 4.00. The maximum Gasteiger partial charge on any atom is 0.242 e. The molecule has 1 fully saturated rings. The fraction of sp³-hybridized carbons (Fsp3) is 0.500. The van der Waals surface area contributed by atoms with Crippen molar-refractivity contribution >= 4 is 16.8 Å². The van der Waals surface area contributed by atoms with E-state index in [1.54, 1.807) is 0 Å². The summed E-state index contributed by atoms with van der Waals surface area (Å²) < 4.78 is 2.08. The van der Waals surface area contributed by atoms with E-state index < -0.39 is 0 Å². The number of benzene rings is 1. The van der Waals surface area contributed by atoms with Crippen LogP contribution in [0.3, 0.4) is 0 Å². The number of piperidine rings is 1. The average Bonchev–Trinajstić information content (AvgIpc) is 2.90. The van der Waals surface area contributed by atoms with Crippen molar-refractivity contribution in [2.24, 2.45) is 0 Å². The first kappa shape index (κ1) is 14.2. The van der Waals surface area contributed by atoms with Gasteiger partial charge in [-0.3, -0.25) is 4.79 Å². The predicted octanol–water partition coefficient (Wildman–Crippen LogP) is 3.78. The third-order valence-corrected chi connectivity index (χ3v) is 4.48. The lowest BCUT2D eigenvalue weighted by molar-refractivity contribution is -0.132. The highest BCUT2D eigenvalue weighted by Crippen LogP contribution is 2.22. The maximum absolute atomic E-state index is 12.4. The van der Waals surface area contributed by atoms with Gasteiger partial charge >= 0.3 is 0 Å². The molecule has 2 aromatic rings. The lowest BCUT2D eigenvalue weighted by atomic mass is 10.0. The standard InChI is InChI=1S/C18H24N2O/c1-14(2)15-6-7-17-16(12-15)8-11-20(17)13-18(21)19-9-4-3-5-10-19/h6-8,11-12,14H,3-5,9-10,13H2,1-2H3. The number of aromatic nitrogens is 1. The first-order chi connectivity index (χ1) is 10.1. The fourth-order valence-electron chi connectivity index (χ4n) is 3.10. The molecule has 1 aromatic carbocycles. The lowest BCUT2D eigenvalue weighted by Gasteiger charge is -2.27. The minimum absolute atomic E-state index is 0.250. The number of rotatable bonds is 3. The van der Waals surface area contributed by atoms with Crippen molar-refractivity contribution in [2.75, 3.05) is 13.1 Å². The molecule has 0 unspecified atom stereocenters. The van der Waals surface area contributed by atoms with Crippen molar-refractivity contribution in [1.82, 2.24) is 9.47 Å². The maximum atomic E-state index is 12.4. The van der Waals surface area contributed by atoms with Crippen LogP contribution in [0, 0.1) is 0 Å². The predicted molar refractivity (Wildman–Crippen MR) is 86.5 cm³/mol. The second-order valence-electron chi connectivity index (χ2n) is 6.36. The summed E-state index contributed by atoms with van der Waals surface area (Å²) in [6.45, 7) is 6.73.